The summed E-state index contributed by atoms with van der Waals surface area (Å²) in [7, 11) is 2.85. The third-order valence-corrected chi connectivity index (χ3v) is 7.00. The zero-order chi connectivity index (χ0) is 27.7. The van der Waals surface area contributed by atoms with Crippen LogP contribution in [0.4, 0.5) is 4.39 Å². The molecule has 202 valence electrons. The van der Waals surface area contributed by atoms with Crippen molar-refractivity contribution in [3.8, 4) is 5.75 Å². The van der Waals surface area contributed by atoms with E-state index in [1.54, 1.807) is 48.7 Å². The van der Waals surface area contributed by atoms with Crippen LogP contribution in [0.15, 0.2) is 61.1 Å². The number of carbonyl (C=O) groups is 2. The van der Waals surface area contributed by atoms with Crippen molar-refractivity contribution in [1.29, 1.82) is 0 Å². The first-order valence-electron chi connectivity index (χ1n) is 12.3. The lowest BCUT2D eigenvalue weighted by Gasteiger charge is -2.38. The minimum atomic E-state index is -2.25. The van der Waals surface area contributed by atoms with Crippen LogP contribution in [0, 0.1) is 0 Å². The third kappa shape index (κ3) is 4.76. The van der Waals surface area contributed by atoms with E-state index in [4.69, 9.17) is 9.47 Å². The molecule has 0 saturated carbocycles. The Morgan fingerprint density at radius 3 is 2.47 bits per heavy atom. The number of carboxylic acids is 1. The molecule has 1 N–H and O–H groups in total. The van der Waals surface area contributed by atoms with Crippen LogP contribution >= 0.6 is 0 Å². The summed E-state index contributed by atoms with van der Waals surface area (Å²) in [4.78, 5) is 32.9. The number of nitrogens with zero attached hydrogens (tertiary/aromatic N) is 4. The van der Waals surface area contributed by atoms with Gasteiger partial charge in [0.15, 0.2) is 11.2 Å². The first-order valence-corrected chi connectivity index (χ1v) is 12.3. The van der Waals surface area contributed by atoms with Crippen LogP contribution in [-0.4, -0.2) is 68.7 Å². The molecule has 9 nitrogen and oxygen atoms in total. The molecule has 2 aromatic heterocycles. The second-order valence-electron chi connectivity index (χ2n) is 10.7. The topological polar surface area (TPSA) is 107 Å². The number of methoxy groups -OCH3 is 2. The number of carbonyl (C=O) groups excluding carboxylic acids is 1. The van der Waals surface area contributed by atoms with Gasteiger partial charge in [-0.25, -0.2) is 9.18 Å². The minimum absolute atomic E-state index is 0.170. The average Bonchev–Trinajstić information content (AvgIpc) is 3.47. The number of benzene rings is 1. The van der Waals surface area contributed by atoms with E-state index in [1.165, 1.54) is 31.3 Å². The summed E-state index contributed by atoms with van der Waals surface area (Å²) in [5.74, 6) is -1.53. The number of hydrogen-bond donors (Lipinski definition) is 1. The maximum Gasteiger partial charge on any atom is 0.331 e. The number of hydrogen-bond acceptors (Lipinski definition) is 6. The highest BCUT2D eigenvalue weighted by Crippen LogP contribution is 2.53. The Balaban J connectivity index is 1.95. The summed E-state index contributed by atoms with van der Waals surface area (Å²) in [6, 6.07) is 10.2. The van der Waals surface area contributed by atoms with E-state index < -0.39 is 42.2 Å². The number of ether oxygens (including phenoxy) is 2. The molecular weight excluding hydrogens is 491 g/mol. The fourth-order valence-electron chi connectivity index (χ4n) is 5.39. The number of pyridine rings is 1. The zero-order valence-corrected chi connectivity index (χ0v) is 22.2. The molecule has 3 heterocycles. The van der Waals surface area contributed by atoms with Crippen LogP contribution in [0.2, 0.25) is 0 Å². The Bertz CT molecular complexity index is 1290. The SMILES string of the molecule is COCC1(F)CC(Cn2cccn2)(C(=O)O)N(C(=O)c2ccc(C(C)(C)C)c(OC)c2)C1c1ccccn1. The van der Waals surface area contributed by atoms with Gasteiger partial charge in [-0.3, -0.25) is 14.5 Å². The molecule has 38 heavy (non-hydrogen) atoms. The van der Waals surface area contributed by atoms with Gasteiger partial charge in [-0.15, -0.1) is 0 Å². The predicted octanol–water partition coefficient (Wildman–Crippen LogP) is 4.05. The summed E-state index contributed by atoms with van der Waals surface area (Å²) >= 11 is 0. The van der Waals surface area contributed by atoms with Gasteiger partial charge in [0, 0.05) is 37.7 Å². The molecule has 3 unspecified atom stereocenters. The number of rotatable bonds is 8. The van der Waals surface area contributed by atoms with Crippen molar-refractivity contribution in [2.45, 2.75) is 56.4 Å². The summed E-state index contributed by atoms with van der Waals surface area (Å²) in [5.41, 5.74) is -3.24. The van der Waals surface area contributed by atoms with Gasteiger partial charge in [0.2, 0.25) is 0 Å². The molecule has 0 aliphatic carbocycles. The number of likely N-dealkylation sites (tertiary alicyclic amines) is 1. The quantitative estimate of drug-likeness (QED) is 0.474. The Labute approximate surface area is 221 Å². The molecule has 10 heteroatoms. The molecule has 1 amide bonds. The van der Waals surface area contributed by atoms with Gasteiger partial charge in [-0.2, -0.15) is 5.10 Å². The van der Waals surface area contributed by atoms with E-state index in [0.29, 0.717) is 5.75 Å². The first-order chi connectivity index (χ1) is 18.0. The Hall–Kier alpha value is -3.79. The normalized spacial score (nSPS) is 23.4. The summed E-state index contributed by atoms with van der Waals surface area (Å²) in [5, 5.41) is 14.8. The van der Waals surface area contributed by atoms with Crippen LogP contribution < -0.4 is 4.74 Å². The Kier molecular flexibility index (Phi) is 7.29. The van der Waals surface area contributed by atoms with Crippen molar-refractivity contribution in [2.24, 2.45) is 0 Å². The molecule has 1 aliphatic heterocycles. The molecule has 4 rings (SSSR count). The highest BCUT2D eigenvalue weighted by Gasteiger charge is 2.67. The molecule has 1 aliphatic rings. The van der Waals surface area contributed by atoms with E-state index in [9.17, 15) is 14.7 Å². The van der Waals surface area contributed by atoms with E-state index in [1.807, 2.05) is 20.8 Å². The van der Waals surface area contributed by atoms with Crippen molar-refractivity contribution in [3.05, 3.63) is 77.9 Å². The molecular formula is C28H33FN4O5. The largest absolute Gasteiger partial charge is 0.496 e. The highest BCUT2D eigenvalue weighted by molar-refractivity contribution is 5.99. The zero-order valence-electron chi connectivity index (χ0n) is 22.2. The Morgan fingerprint density at radius 1 is 1.16 bits per heavy atom. The molecule has 3 atom stereocenters. The number of alkyl halides is 1. The van der Waals surface area contributed by atoms with Gasteiger partial charge >= 0.3 is 5.97 Å². The number of aromatic nitrogens is 3. The fourth-order valence-corrected chi connectivity index (χ4v) is 5.39. The molecule has 0 radical (unpaired) electrons. The Morgan fingerprint density at radius 2 is 1.92 bits per heavy atom. The van der Waals surface area contributed by atoms with Gasteiger partial charge in [0.05, 0.1) is 26.0 Å². The first kappa shape index (κ1) is 27.3. The second kappa shape index (κ2) is 10.2. The molecule has 1 saturated heterocycles. The lowest BCUT2D eigenvalue weighted by atomic mass is 9.85. The van der Waals surface area contributed by atoms with Crippen LogP contribution in [0.3, 0.4) is 0 Å². The van der Waals surface area contributed by atoms with Crippen molar-refractivity contribution in [2.75, 3.05) is 20.8 Å². The molecule has 3 aromatic rings. The maximum absolute atomic E-state index is 17.0. The second-order valence-corrected chi connectivity index (χ2v) is 10.7. The summed E-state index contributed by atoms with van der Waals surface area (Å²) in [6.07, 6.45) is 4.05. The number of amides is 1. The average molecular weight is 525 g/mol. The van der Waals surface area contributed by atoms with E-state index in [-0.39, 0.29) is 23.2 Å². The van der Waals surface area contributed by atoms with Gasteiger partial charge in [0.1, 0.15) is 11.8 Å². The predicted molar refractivity (Wildman–Crippen MR) is 138 cm³/mol. The van der Waals surface area contributed by atoms with Crippen LogP contribution in [-0.2, 0) is 21.5 Å². The monoisotopic (exact) mass is 524 g/mol. The lowest BCUT2D eigenvalue weighted by molar-refractivity contribution is -0.150. The minimum Gasteiger partial charge on any atom is -0.496 e. The van der Waals surface area contributed by atoms with E-state index in [2.05, 4.69) is 10.1 Å². The maximum atomic E-state index is 17.0. The van der Waals surface area contributed by atoms with E-state index >= 15 is 4.39 Å². The van der Waals surface area contributed by atoms with Gasteiger partial charge < -0.3 is 19.5 Å². The fraction of sp³-hybridized carbons (Fsp3) is 0.429. The van der Waals surface area contributed by atoms with Crippen LogP contribution in [0.1, 0.15) is 54.8 Å². The summed E-state index contributed by atoms with van der Waals surface area (Å²) < 4.78 is 29.2. The van der Waals surface area contributed by atoms with Crippen molar-refractivity contribution in [3.63, 3.8) is 0 Å². The standard InChI is InChI=1S/C28H33FN4O5/c1-26(2,3)20-11-10-19(15-22(20)38-5)24(34)33-23(21-9-6-7-12-30-21)27(29,18-37-4)16-28(33,25(35)36)17-32-14-8-13-31-32/h6-15,23H,16-18H2,1-5H3,(H,35,36). The highest BCUT2D eigenvalue weighted by atomic mass is 19.1. The number of halogens is 1. The smallest absolute Gasteiger partial charge is 0.331 e. The third-order valence-electron chi connectivity index (χ3n) is 7.00. The van der Waals surface area contributed by atoms with E-state index in [0.717, 1.165) is 10.5 Å². The molecule has 1 fully saturated rings. The van der Waals surface area contributed by atoms with Crippen LogP contribution in [0.25, 0.3) is 0 Å². The molecule has 1 aromatic carbocycles. The molecule has 0 spiro atoms. The van der Waals surface area contributed by atoms with Crippen molar-refractivity contribution in [1.82, 2.24) is 19.7 Å². The van der Waals surface area contributed by atoms with Crippen molar-refractivity contribution >= 4 is 11.9 Å². The summed E-state index contributed by atoms with van der Waals surface area (Å²) in [6.45, 7) is 5.36. The van der Waals surface area contributed by atoms with Gasteiger partial charge in [-0.1, -0.05) is 32.9 Å². The van der Waals surface area contributed by atoms with Gasteiger partial charge in [-0.05, 0) is 41.3 Å². The number of carboxylic acid groups (broad SMARTS) is 1. The van der Waals surface area contributed by atoms with Crippen molar-refractivity contribution < 1.29 is 28.6 Å². The van der Waals surface area contributed by atoms with Gasteiger partial charge in [0.25, 0.3) is 5.91 Å². The lowest BCUT2D eigenvalue weighted by Crippen LogP contribution is -2.56. The molecule has 0 bridgehead atoms. The van der Waals surface area contributed by atoms with Crippen LogP contribution in [0.5, 0.6) is 5.75 Å². The number of aliphatic carboxylic acids is 1.